The predicted octanol–water partition coefficient (Wildman–Crippen LogP) is 1.79. The monoisotopic (exact) mass is 399 g/mol. The molecule has 3 N–H and O–H groups in total. The van der Waals surface area contributed by atoms with Crippen LogP contribution in [0.15, 0.2) is 27.6 Å². The molecular weight excluding hydrogens is 386 g/mol. The maximum absolute atomic E-state index is 12.1. The average Bonchev–Trinajstić information content (AvgIpc) is 3.19. The molecule has 21 heavy (non-hydrogen) atoms. The highest BCUT2D eigenvalue weighted by Gasteiger charge is 2.29. The first kappa shape index (κ1) is 18.3. The van der Waals surface area contributed by atoms with Crippen molar-refractivity contribution in [1.29, 1.82) is 0 Å². The Hall–Kier alpha value is -0.740. The van der Waals surface area contributed by atoms with Gasteiger partial charge >= 0.3 is 0 Å². The van der Waals surface area contributed by atoms with Crippen LogP contribution >= 0.6 is 28.3 Å². The lowest BCUT2D eigenvalue weighted by molar-refractivity contribution is -0.385. The Morgan fingerprint density at radius 2 is 2.10 bits per heavy atom. The van der Waals surface area contributed by atoms with Crippen molar-refractivity contribution < 1.29 is 13.3 Å². The standard InChI is InChI=1S/C11H14BrN3O4S.ClH/c12-9-5-8(3-4-11(9)15(16)17)20(18,19)14-6-10(13)7-1-2-7;/h3-5,7,10,14H,1-2,6,13H2;1H. The molecule has 0 aliphatic heterocycles. The summed E-state index contributed by atoms with van der Waals surface area (Å²) in [5, 5.41) is 10.7. The SMILES string of the molecule is Cl.NC(CNS(=O)(=O)c1ccc([N+](=O)[O-])c(Br)c1)C1CC1. The number of hydrogen-bond donors (Lipinski definition) is 2. The number of sulfonamides is 1. The highest BCUT2D eigenvalue weighted by molar-refractivity contribution is 9.10. The molecule has 1 aromatic rings. The summed E-state index contributed by atoms with van der Waals surface area (Å²) in [7, 11) is -3.71. The van der Waals surface area contributed by atoms with Crippen molar-refractivity contribution in [2.75, 3.05) is 6.54 Å². The van der Waals surface area contributed by atoms with Gasteiger partial charge in [-0.1, -0.05) is 0 Å². The van der Waals surface area contributed by atoms with Crippen LogP contribution in [0.4, 0.5) is 5.69 Å². The van der Waals surface area contributed by atoms with Crippen molar-refractivity contribution in [2.45, 2.75) is 23.8 Å². The minimum absolute atomic E-state index is 0. The number of nitrogens with one attached hydrogen (secondary N) is 1. The molecule has 10 heteroatoms. The quantitative estimate of drug-likeness (QED) is 0.558. The molecule has 0 radical (unpaired) electrons. The van der Waals surface area contributed by atoms with E-state index in [1.165, 1.54) is 12.1 Å². The van der Waals surface area contributed by atoms with E-state index >= 15 is 0 Å². The lowest BCUT2D eigenvalue weighted by Crippen LogP contribution is -2.38. The van der Waals surface area contributed by atoms with Gasteiger partial charge in [0, 0.05) is 18.7 Å². The Bertz CT molecular complexity index is 636. The van der Waals surface area contributed by atoms with E-state index < -0.39 is 14.9 Å². The van der Waals surface area contributed by atoms with E-state index in [0.29, 0.717) is 5.92 Å². The summed E-state index contributed by atoms with van der Waals surface area (Å²) in [6.07, 6.45) is 2.07. The Balaban J connectivity index is 0.00000220. The van der Waals surface area contributed by atoms with Crippen molar-refractivity contribution in [3.63, 3.8) is 0 Å². The second kappa shape index (κ2) is 7.01. The van der Waals surface area contributed by atoms with E-state index in [2.05, 4.69) is 20.7 Å². The summed E-state index contributed by atoms with van der Waals surface area (Å²) in [6.45, 7) is 0.168. The third-order valence-electron chi connectivity index (χ3n) is 3.16. The highest BCUT2D eigenvalue weighted by atomic mass is 79.9. The second-order valence-corrected chi connectivity index (χ2v) is 7.34. The Morgan fingerprint density at radius 3 is 2.57 bits per heavy atom. The Kier molecular flexibility index (Phi) is 6.11. The molecule has 1 saturated carbocycles. The lowest BCUT2D eigenvalue weighted by atomic mass is 10.2. The van der Waals surface area contributed by atoms with Crippen LogP contribution in [0.1, 0.15) is 12.8 Å². The third kappa shape index (κ3) is 4.62. The van der Waals surface area contributed by atoms with E-state index in [1.54, 1.807) is 0 Å². The molecule has 1 aromatic carbocycles. The van der Waals surface area contributed by atoms with Gasteiger partial charge in [0.1, 0.15) is 0 Å². The second-order valence-electron chi connectivity index (χ2n) is 4.72. The van der Waals surface area contributed by atoms with E-state index in [0.717, 1.165) is 18.9 Å². The number of nitro benzene ring substituents is 1. The van der Waals surface area contributed by atoms with E-state index in [9.17, 15) is 18.5 Å². The molecule has 1 aliphatic carbocycles. The van der Waals surface area contributed by atoms with Crippen molar-refractivity contribution in [3.05, 3.63) is 32.8 Å². The van der Waals surface area contributed by atoms with Gasteiger partial charge < -0.3 is 5.73 Å². The number of hydrogen-bond acceptors (Lipinski definition) is 5. The fraction of sp³-hybridized carbons (Fsp3) is 0.455. The summed E-state index contributed by atoms with van der Waals surface area (Å²) in [4.78, 5) is 10.1. The number of halogens is 2. The van der Waals surface area contributed by atoms with E-state index in [-0.39, 0.29) is 40.0 Å². The van der Waals surface area contributed by atoms with Crippen LogP contribution in [-0.2, 0) is 10.0 Å². The maximum Gasteiger partial charge on any atom is 0.283 e. The molecule has 118 valence electrons. The molecule has 0 bridgehead atoms. The van der Waals surface area contributed by atoms with Crippen molar-refractivity contribution in [1.82, 2.24) is 4.72 Å². The van der Waals surface area contributed by atoms with Crippen LogP contribution in [-0.4, -0.2) is 25.9 Å². The Labute approximate surface area is 137 Å². The molecular formula is C11H15BrClN3O4S. The fourth-order valence-electron chi connectivity index (χ4n) is 1.78. The molecule has 0 heterocycles. The van der Waals surface area contributed by atoms with Crippen LogP contribution < -0.4 is 10.5 Å². The minimum Gasteiger partial charge on any atom is -0.326 e. The number of rotatable bonds is 6. The summed E-state index contributed by atoms with van der Waals surface area (Å²) in [5.74, 6) is 0.390. The largest absolute Gasteiger partial charge is 0.326 e. The number of nitro groups is 1. The highest BCUT2D eigenvalue weighted by Crippen LogP contribution is 2.31. The van der Waals surface area contributed by atoms with Crippen molar-refractivity contribution in [3.8, 4) is 0 Å². The molecule has 1 aliphatic rings. The van der Waals surface area contributed by atoms with E-state index in [4.69, 9.17) is 5.73 Å². The third-order valence-corrected chi connectivity index (χ3v) is 5.22. The lowest BCUT2D eigenvalue weighted by Gasteiger charge is -2.12. The van der Waals surface area contributed by atoms with Gasteiger partial charge in [0.05, 0.1) is 14.3 Å². The van der Waals surface area contributed by atoms with Gasteiger partial charge in [-0.25, -0.2) is 13.1 Å². The maximum atomic E-state index is 12.1. The van der Waals surface area contributed by atoms with Gasteiger partial charge in [-0.3, -0.25) is 10.1 Å². The van der Waals surface area contributed by atoms with Crippen molar-refractivity contribution >= 4 is 44.0 Å². The summed E-state index contributed by atoms with van der Waals surface area (Å²) < 4.78 is 26.7. The van der Waals surface area contributed by atoms with Gasteiger partial charge in [-0.15, -0.1) is 12.4 Å². The van der Waals surface area contributed by atoms with Gasteiger partial charge in [0.2, 0.25) is 10.0 Å². The minimum atomic E-state index is -3.71. The van der Waals surface area contributed by atoms with Gasteiger partial charge in [-0.05, 0) is 46.8 Å². The number of nitrogens with two attached hydrogens (primary N) is 1. The van der Waals surface area contributed by atoms with Crippen LogP contribution in [0.2, 0.25) is 0 Å². The normalized spacial score (nSPS) is 16.1. The molecule has 7 nitrogen and oxygen atoms in total. The molecule has 1 atom stereocenters. The zero-order valence-electron chi connectivity index (χ0n) is 10.9. The number of benzene rings is 1. The molecule has 2 rings (SSSR count). The molecule has 1 fully saturated rings. The topological polar surface area (TPSA) is 115 Å². The molecule has 0 aromatic heterocycles. The molecule has 0 saturated heterocycles. The van der Waals surface area contributed by atoms with Crippen LogP contribution in [0.25, 0.3) is 0 Å². The zero-order valence-corrected chi connectivity index (χ0v) is 14.1. The van der Waals surface area contributed by atoms with Crippen LogP contribution in [0, 0.1) is 16.0 Å². The summed E-state index contributed by atoms with van der Waals surface area (Å²) in [5.41, 5.74) is 5.65. The van der Waals surface area contributed by atoms with Gasteiger partial charge in [0.25, 0.3) is 5.69 Å². The smallest absolute Gasteiger partial charge is 0.283 e. The van der Waals surface area contributed by atoms with E-state index in [1.807, 2.05) is 0 Å². The first-order valence-corrected chi connectivity index (χ1v) is 8.28. The fourth-order valence-corrected chi connectivity index (χ4v) is 3.56. The first-order valence-electron chi connectivity index (χ1n) is 6.00. The molecule has 0 spiro atoms. The zero-order chi connectivity index (χ0) is 14.9. The molecule has 1 unspecified atom stereocenters. The summed E-state index contributed by atoms with van der Waals surface area (Å²) in [6, 6.07) is 3.38. The average molecular weight is 401 g/mol. The van der Waals surface area contributed by atoms with Crippen LogP contribution in [0.3, 0.4) is 0 Å². The predicted molar refractivity (Wildman–Crippen MR) is 83.9 cm³/mol. The van der Waals surface area contributed by atoms with Crippen LogP contribution in [0.5, 0.6) is 0 Å². The van der Waals surface area contributed by atoms with Crippen molar-refractivity contribution in [2.24, 2.45) is 11.7 Å². The first-order chi connectivity index (χ1) is 9.31. The van der Waals surface area contributed by atoms with Gasteiger partial charge in [0.15, 0.2) is 0 Å². The molecule has 0 amide bonds. The van der Waals surface area contributed by atoms with Gasteiger partial charge in [-0.2, -0.15) is 0 Å². The Morgan fingerprint density at radius 1 is 1.48 bits per heavy atom. The summed E-state index contributed by atoms with van der Waals surface area (Å²) >= 11 is 2.99. The number of nitrogens with zero attached hydrogens (tertiary/aromatic N) is 1.